The predicted molar refractivity (Wildman–Crippen MR) is 84.4 cm³/mol. The van der Waals surface area contributed by atoms with Crippen LogP contribution >= 0.6 is 15.9 Å². The highest BCUT2D eigenvalue weighted by molar-refractivity contribution is 9.10. The summed E-state index contributed by atoms with van der Waals surface area (Å²) in [4.78, 5) is 26.8. The lowest BCUT2D eigenvalue weighted by Gasteiger charge is -2.33. The number of carbonyl (C=O) groups is 2. The van der Waals surface area contributed by atoms with Gasteiger partial charge in [0.15, 0.2) is 0 Å². The molecule has 4 rings (SSSR count). The first-order valence-corrected chi connectivity index (χ1v) is 8.03. The first-order valence-electron chi connectivity index (χ1n) is 7.24. The Morgan fingerprint density at radius 1 is 1.05 bits per heavy atom. The maximum atomic E-state index is 12.7. The summed E-state index contributed by atoms with van der Waals surface area (Å²) >= 11 is 3.50. The summed E-state index contributed by atoms with van der Waals surface area (Å²) < 4.78 is 0.913. The van der Waals surface area contributed by atoms with Crippen LogP contribution in [0.4, 0.5) is 0 Å². The van der Waals surface area contributed by atoms with Crippen molar-refractivity contribution < 1.29 is 9.59 Å². The van der Waals surface area contributed by atoms with Crippen molar-refractivity contribution in [1.29, 1.82) is 0 Å². The molecule has 21 heavy (non-hydrogen) atoms. The third-order valence-electron chi connectivity index (χ3n) is 4.60. The Morgan fingerprint density at radius 2 is 1.76 bits per heavy atom. The first kappa shape index (κ1) is 13.0. The summed E-state index contributed by atoms with van der Waals surface area (Å²) in [5, 5.41) is 1.71. The molecule has 0 bridgehead atoms. The van der Waals surface area contributed by atoms with Gasteiger partial charge in [0.05, 0.1) is 0 Å². The van der Waals surface area contributed by atoms with Crippen molar-refractivity contribution in [2.45, 2.75) is 19.3 Å². The van der Waals surface area contributed by atoms with Gasteiger partial charge < -0.3 is 0 Å². The zero-order valence-electron chi connectivity index (χ0n) is 11.4. The SMILES string of the molecule is O=C1c2cccc3c(Br)ccc(c23)C(=O)N1CC1CCC1. The monoisotopic (exact) mass is 343 g/mol. The van der Waals surface area contributed by atoms with E-state index in [4.69, 9.17) is 0 Å². The lowest BCUT2D eigenvalue weighted by atomic mass is 9.84. The summed E-state index contributed by atoms with van der Waals surface area (Å²) in [6.07, 6.45) is 3.45. The van der Waals surface area contributed by atoms with E-state index >= 15 is 0 Å². The molecule has 2 aliphatic rings. The van der Waals surface area contributed by atoms with E-state index in [2.05, 4.69) is 15.9 Å². The summed E-state index contributed by atoms with van der Waals surface area (Å²) in [6, 6.07) is 9.34. The molecule has 2 aromatic rings. The fourth-order valence-corrected chi connectivity index (χ4v) is 3.67. The standard InChI is InChI=1S/C17H14BrNO2/c18-14-8-7-13-15-11(14)5-2-6-12(15)16(20)19(17(13)21)9-10-3-1-4-10/h2,5-8,10H,1,3-4,9H2. The van der Waals surface area contributed by atoms with Crippen LogP contribution in [-0.4, -0.2) is 23.3 Å². The number of amides is 2. The highest BCUT2D eigenvalue weighted by Gasteiger charge is 2.35. The fraction of sp³-hybridized carbons (Fsp3) is 0.294. The molecule has 1 aliphatic heterocycles. The van der Waals surface area contributed by atoms with E-state index in [1.165, 1.54) is 11.3 Å². The lowest BCUT2D eigenvalue weighted by Crippen LogP contribution is -2.44. The van der Waals surface area contributed by atoms with E-state index in [0.717, 1.165) is 28.1 Å². The Balaban J connectivity index is 1.88. The van der Waals surface area contributed by atoms with Gasteiger partial charge in [-0.15, -0.1) is 0 Å². The van der Waals surface area contributed by atoms with Gasteiger partial charge in [-0.2, -0.15) is 0 Å². The van der Waals surface area contributed by atoms with Crippen molar-refractivity contribution in [1.82, 2.24) is 4.90 Å². The molecule has 106 valence electrons. The number of carbonyl (C=O) groups excluding carboxylic acids is 2. The van der Waals surface area contributed by atoms with Crippen molar-refractivity contribution in [3.05, 3.63) is 45.9 Å². The molecule has 1 aliphatic carbocycles. The van der Waals surface area contributed by atoms with Crippen molar-refractivity contribution in [2.24, 2.45) is 5.92 Å². The highest BCUT2D eigenvalue weighted by atomic mass is 79.9. The van der Waals surface area contributed by atoms with Crippen LogP contribution in [0.15, 0.2) is 34.8 Å². The summed E-state index contributed by atoms with van der Waals surface area (Å²) in [5.41, 5.74) is 1.28. The number of nitrogens with zero attached hydrogens (tertiary/aromatic N) is 1. The summed E-state index contributed by atoms with van der Waals surface area (Å²) in [6.45, 7) is 0.559. The molecule has 2 aromatic carbocycles. The van der Waals surface area contributed by atoms with Gasteiger partial charge in [0, 0.05) is 27.5 Å². The van der Waals surface area contributed by atoms with Crippen molar-refractivity contribution in [2.75, 3.05) is 6.54 Å². The van der Waals surface area contributed by atoms with Crippen molar-refractivity contribution >= 4 is 38.5 Å². The van der Waals surface area contributed by atoms with Gasteiger partial charge >= 0.3 is 0 Å². The first-order chi connectivity index (χ1) is 10.2. The van der Waals surface area contributed by atoms with E-state index < -0.39 is 0 Å². The van der Waals surface area contributed by atoms with Crippen LogP contribution in [0, 0.1) is 5.92 Å². The highest BCUT2D eigenvalue weighted by Crippen LogP contribution is 2.36. The molecule has 0 atom stereocenters. The predicted octanol–water partition coefficient (Wildman–Crippen LogP) is 4.00. The molecule has 2 amide bonds. The minimum atomic E-state index is -0.150. The lowest BCUT2D eigenvalue weighted by molar-refractivity contribution is 0.0557. The number of hydrogen-bond donors (Lipinski definition) is 0. The topological polar surface area (TPSA) is 37.4 Å². The van der Waals surface area contributed by atoms with Gasteiger partial charge in [-0.05, 0) is 42.3 Å². The maximum absolute atomic E-state index is 12.7. The van der Waals surface area contributed by atoms with Gasteiger partial charge in [0.1, 0.15) is 0 Å². The average Bonchev–Trinajstić information content (AvgIpc) is 2.44. The number of hydrogen-bond acceptors (Lipinski definition) is 2. The Hall–Kier alpha value is -1.68. The zero-order valence-corrected chi connectivity index (χ0v) is 13.0. The van der Waals surface area contributed by atoms with Gasteiger partial charge in [-0.1, -0.05) is 34.5 Å². The molecule has 4 heteroatoms. The molecule has 0 N–H and O–H groups in total. The van der Waals surface area contributed by atoms with Gasteiger partial charge in [0.25, 0.3) is 11.8 Å². The Bertz CT molecular complexity index is 757. The van der Waals surface area contributed by atoms with Gasteiger partial charge in [-0.3, -0.25) is 14.5 Å². The smallest absolute Gasteiger partial charge is 0.261 e. The quantitative estimate of drug-likeness (QED) is 0.773. The second kappa shape index (κ2) is 4.67. The molecule has 0 spiro atoms. The zero-order chi connectivity index (χ0) is 14.6. The van der Waals surface area contributed by atoms with E-state index in [1.807, 2.05) is 30.3 Å². The van der Waals surface area contributed by atoms with Crippen LogP contribution in [-0.2, 0) is 0 Å². The average molecular weight is 344 g/mol. The van der Waals surface area contributed by atoms with E-state index in [1.54, 1.807) is 0 Å². The molecular formula is C17H14BrNO2. The minimum absolute atomic E-state index is 0.150. The molecule has 1 fully saturated rings. The Kier molecular flexibility index (Phi) is 2.89. The third kappa shape index (κ3) is 1.85. The second-order valence-electron chi connectivity index (χ2n) is 5.84. The van der Waals surface area contributed by atoms with Crippen LogP contribution in [0.1, 0.15) is 40.0 Å². The van der Waals surface area contributed by atoms with Crippen molar-refractivity contribution in [3.63, 3.8) is 0 Å². The molecule has 1 heterocycles. The van der Waals surface area contributed by atoms with E-state index in [-0.39, 0.29) is 11.8 Å². The number of benzene rings is 2. The minimum Gasteiger partial charge on any atom is -0.274 e. The molecule has 3 nitrogen and oxygen atoms in total. The fourth-order valence-electron chi connectivity index (χ4n) is 3.21. The summed E-state index contributed by atoms with van der Waals surface area (Å²) in [7, 11) is 0. The number of halogens is 1. The van der Waals surface area contributed by atoms with Crippen LogP contribution < -0.4 is 0 Å². The largest absolute Gasteiger partial charge is 0.274 e. The molecule has 0 radical (unpaired) electrons. The maximum Gasteiger partial charge on any atom is 0.261 e. The number of imide groups is 1. The molecule has 1 saturated carbocycles. The van der Waals surface area contributed by atoms with Crippen molar-refractivity contribution in [3.8, 4) is 0 Å². The second-order valence-corrected chi connectivity index (χ2v) is 6.70. The third-order valence-corrected chi connectivity index (χ3v) is 5.30. The molecular weight excluding hydrogens is 330 g/mol. The van der Waals surface area contributed by atoms with Gasteiger partial charge in [-0.25, -0.2) is 0 Å². The van der Waals surface area contributed by atoms with E-state index in [0.29, 0.717) is 23.6 Å². The Morgan fingerprint density at radius 3 is 2.43 bits per heavy atom. The normalized spacial score (nSPS) is 18.2. The van der Waals surface area contributed by atoms with Crippen LogP contribution in [0.25, 0.3) is 10.8 Å². The van der Waals surface area contributed by atoms with Crippen LogP contribution in [0.3, 0.4) is 0 Å². The van der Waals surface area contributed by atoms with Crippen LogP contribution in [0.2, 0.25) is 0 Å². The molecule has 0 saturated heterocycles. The molecule has 0 aromatic heterocycles. The van der Waals surface area contributed by atoms with E-state index in [9.17, 15) is 9.59 Å². The van der Waals surface area contributed by atoms with Gasteiger partial charge in [0.2, 0.25) is 0 Å². The number of rotatable bonds is 2. The van der Waals surface area contributed by atoms with Crippen LogP contribution in [0.5, 0.6) is 0 Å². The molecule has 0 unspecified atom stereocenters. The summed E-state index contributed by atoms with van der Waals surface area (Å²) in [5.74, 6) is 0.181. The Labute approximate surface area is 131 Å².